The van der Waals surface area contributed by atoms with Gasteiger partial charge in [-0.05, 0) is 67.8 Å². The Bertz CT molecular complexity index is 1190. The second kappa shape index (κ2) is 6.69. The molecule has 0 atom stereocenters. The van der Waals surface area contributed by atoms with E-state index < -0.39 is 0 Å². The van der Waals surface area contributed by atoms with Crippen LogP contribution in [-0.2, 0) is 6.54 Å². The molecule has 0 bridgehead atoms. The highest BCUT2D eigenvalue weighted by Gasteiger charge is 2.14. The lowest BCUT2D eigenvalue weighted by molar-refractivity contribution is 0.659. The number of hydrogen-bond acceptors (Lipinski definition) is 3. The van der Waals surface area contributed by atoms with Crippen molar-refractivity contribution >= 4 is 10.9 Å². The Morgan fingerprint density at radius 3 is 2.67 bits per heavy atom. The monoisotopic (exact) mass is 352 g/mol. The van der Waals surface area contributed by atoms with E-state index in [1.54, 1.807) is 0 Å². The molecule has 0 spiro atoms. The molecule has 0 unspecified atom stereocenters. The summed E-state index contributed by atoms with van der Waals surface area (Å²) in [6, 6.07) is 18.6. The van der Waals surface area contributed by atoms with E-state index in [9.17, 15) is 0 Å². The van der Waals surface area contributed by atoms with Gasteiger partial charge in [0.2, 0.25) is 0 Å². The van der Waals surface area contributed by atoms with Crippen LogP contribution in [0.3, 0.4) is 0 Å². The van der Waals surface area contributed by atoms with Crippen molar-refractivity contribution in [3.63, 3.8) is 0 Å². The van der Waals surface area contributed by atoms with Crippen molar-refractivity contribution in [2.24, 2.45) is 0 Å². The maximum Gasteiger partial charge on any atom is 0.0994 e. The number of fused-ring (bicyclic) bond motifs is 1. The van der Waals surface area contributed by atoms with Crippen molar-refractivity contribution in [3.05, 3.63) is 82.8 Å². The SMILES string of the molecule is Cc1cc(-c2c(C)nn(Cc3ccc4ncccc4c3)c2C)ccc1C#N. The average molecular weight is 352 g/mol. The lowest BCUT2D eigenvalue weighted by atomic mass is 9.99. The number of pyridine rings is 1. The van der Waals surface area contributed by atoms with Gasteiger partial charge >= 0.3 is 0 Å². The highest BCUT2D eigenvalue weighted by atomic mass is 15.3. The van der Waals surface area contributed by atoms with E-state index in [0.29, 0.717) is 12.1 Å². The first-order valence-corrected chi connectivity index (χ1v) is 8.95. The van der Waals surface area contributed by atoms with Crippen LogP contribution in [0.2, 0.25) is 0 Å². The smallest absolute Gasteiger partial charge is 0.0994 e. The van der Waals surface area contributed by atoms with Gasteiger partial charge in [0.15, 0.2) is 0 Å². The molecular weight excluding hydrogens is 332 g/mol. The summed E-state index contributed by atoms with van der Waals surface area (Å²) in [5, 5.41) is 15.1. The zero-order chi connectivity index (χ0) is 19.0. The van der Waals surface area contributed by atoms with Crippen LogP contribution in [0.1, 0.15) is 28.1 Å². The first kappa shape index (κ1) is 17.0. The average Bonchev–Trinajstić information content (AvgIpc) is 2.95. The largest absolute Gasteiger partial charge is 0.265 e. The number of aryl methyl sites for hydroxylation is 2. The minimum Gasteiger partial charge on any atom is -0.265 e. The quantitative estimate of drug-likeness (QED) is 0.524. The summed E-state index contributed by atoms with van der Waals surface area (Å²) in [5.41, 5.74) is 8.28. The van der Waals surface area contributed by atoms with Crippen LogP contribution in [0.5, 0.6) is 0 Å². The summed E-state index contributed by atoms with van der Waals surface area (Å²) >= 11 is 0. The molecule has 2 heterocycles. The zero-order valence-electron chi connectivity index (χ0n) is 15.7. The molecule has 0 saturated carbocycles. The third-order valence-electron chi connectivity index (χ3n) is 5.02. The van der Waals surface area contributed by atoms with Crippen molar-refractivity contribution < 1.29 is 0 Å². The van der Waals surface area contributed by atoms with Gasteiger partial charge in [-0.2, -0.15) is 10.4 Å². The highest BCUT2D eigenvalue weighted by molar-refractivity contribution is 5.79. The molecule has 0 radical (unpaired) electrons. The summed E-state index contributed by atoms with van der Waals surface area (Å²) in [6.45, 7) is 6.83. The molecule has 0 amide bonds. The number of nitriles is 1. The lowest BCUT2D eigenvalue weighted by Crippen LogP contribution is -2.04. The molecule has 0 aliphatic rings. The molecule has 0 fully saturated rings. The Kier molecular flexibility index (Phi) is 4.21. The highest BCUT2D eigenvalue weighted by Crippen LogP contribution is 2.29. The summed E-state index contributed by atoms with van der Waals surface area (Å²) in [4.78, 5) is 4.38. The number of aromatic nitrogens is 3. The van der Waals surface area contributed by atoms with Crippen molar-refractivity contribution in [3.8, 4) is 17.2 Å². The Hall–Kier alpha value is -3.45. The van der Waals surface area contributed by atoms with E-state index in [-0.39, 0.29) is 0 Å². The van der Waals surface area contributed by atoms with Gasteiger partial charge in [0, 0.05) is 22.8 Å². The molecule has 0 aliphatic carbocycles. The van der Waals surface area contributed by atoms with Crippen LogP contribution in [0.4, 0.5) is 0 Å². The van der Waals surface area contributed by atoms with Gasteiger partial charge in [-0.25, -0.2) is 0 Å². The van der Waals surface area contributed by atoms with E-state index in [4.69, 9.17) is 10.4 Å². The van der Waals surface area contributed by atoms with Crippen LogP contribution in [-0.4, -0.2) is 14.8 Å². The molecule has 4 nitrogen and oxygen atoms in total. The van der Waals surface area contributed by atoms with Crippen molar-refractivity contribution in [2.45, 2.75) is 27.3 Å². The molecule has 0 aliphatic heterocycles. The maximum absolute atomic E-state index is 9.16. The van der Waals surface area contributed by atoms with Crippen molar-refractivity contribution in [2.75, 3.05) is 0 Å². The van der Waals surface area contributed by atoms with Gasteiger partial charge in [0.1, 0.15) is 0 Å². The second-order valence-electron chi connectivity index (χ2n) is 6.88. The van der Waals surface area contributed by atoms with Gasteiger partial charge in [-0.15, -0.1) is 0 Å². The summed E-state index contributed by atoms with van der Waals surface area (Å²) in [5.74, 6) is 0. The van der Waals surface area contributed by atoms with E-state index in [1.165, 1.54) is 5.56 Å². The predicted molar refractivity (Wildman–Crippen MR) is 107 cm³/mol. The molecule has 0 saturated heterocycles. The van der Waals surface area contributed by atoms with Crippen molar-refractivity contribution in [1.82, 2.24) is 14.8 Å². The van der Waals surface area contributed by atoms with Crippen LogP contribution < -0.4 is 0 Å². The first-order valence-electron chi connectivity index (χ1n) is 8.95. The van der Waals surface area contributed by atoms with E-state index in [1.807, 2.05) is 38.2 Å². The molecule has 27 heavy (non-hydrogen) atoms. The molecule has 4 heteroatoms. The molecule has 4 rings (SSSR count). The minimum atomic E-state index is 0.714. The standard InChI is InChI=1S/C23H20N4/c1-15-11-20(7-8-21(15)13-24)23-16(2)26-27(17(23)3)14-18-6-9-22-19(12-18)5-4-10-25-22/h4-12H,14H2,1-3H3. The van der Waals surface area contributed by atoms with Crippen LogP contribution in [0.25, 0.3) is 22.0 Å². The summed E-state index contributed by atoms with van der Waals surface area (Å²) in [7, 11) is 0. The fraction of sp³-hybridized carbons (Fsp3) is 0.174. The third-order valence-corrected chi connectivity index (χ3v) is 5.02. The molecule has 2 aromatic heterocycles. The fourth-order valence-corrected chi connectivity index (χ4v) is 3.61. The molecule has 0 N–H and O–H groups in total. The van der Waals surface area contributed by atoms with Gasteiger partial charge in [-0.3, -0.25) is 9.67 Å². The minimum absolute atomic E-state index is 0.714. The Morgan fingerprint density at radius 2 is 1.89 bits per heavy atom. The van der Waals surface area contributed by atoms with E-state index >= 15 is 0 Å². The maximum atomic E-state index is 9.16. The lowest BCUT2D eigenvalue weighted by Gasteiger charge is -2.08. The Labute approximate surface area is 158 Å². The fourth-order valence-electron chi connectivity index (χ4n) is 3.61. The number of benzene rings is 2. The number of hydrogen-bond donors (Lipinski definition) is 0. The second-order valence-corrected chi connectivity index (χ2v) is 6.88. The zero-order valence-corrected chi connectivity index (χ0v) is 15.7. The first-order chi connectivity index (χ1) is 13.1. The summed E-state index contributed by atoms with van der Waals surface area (Å²) in [6.07, 6.45) is 1.81. The van der Waals surface area contributed by atoms with Crippen LogP contribution in [0.15, 0.2) is 54.7 Å². The van der Waals surface area contributed by atoms with E-state index in [0.717, 1.165) is 39.0 Å². The van der Waals surface area contributed by atoms with E-state index in [2.05, 4.69) is 53.0 Å². The molecular formula is C23H20N4. The van der Waals surface area contributed by atoms with Gasteiger partial charge in [0.05, 0.1) is 29.4 Å². The van der Waals surface area contributed by atoms with Gasteiger partial charge in [0.25, 0.3) is 0 Å². The van der Waals surface area contributed by atoms with Crippen molar-refractivity contribution in [1.29, 1.82) is 5.26 Å². The normalized spacial score (nSPS) is 10.9. The molecule has 132 valence electrons. The Morgan fingerprint density at radius 1 is 1.04 bits per heavy atom. The summed E-state index contributed by atoms with van der Waals surface area (Å²) < 4.78 is 2.05. The van der Waals surface area contributed by atoms with Crippen LogP contribution >= 0.6 is 0 Å². The molecule has 4 aromatic rings. The number of rotatable bonds is 3. The van der Waals surface area contributed by atoms with Gasteiger partial charge in [-0.1, -0.05) is 18.2 Å². The van der Waals surface area contributed by atoms with Gasteiger partial charge < -0.3 is 0 Å². The Balaban J connectivity index is 1.72. The third kappa shape index (κ3) is 3.09. The predicted octanol–water partition coefficient (Wildman–Crippen LogP) is 4.94. The van der Waals surface area contributed by atoms with Crippen LogP contribution in [0, 0.1) is 32.1 Å². The number of nitrogens with zero attached hydrogens (tertiary/aromatic N) is 4. The topological polar surface area (TPSA) is 54.5 Å². The molecule has 2 aromatic carbocycles.